The van der Waals surface area contributed by atoms with Gasteiger partial charge in [0.2, 0.25) is 5.60 Å². The van der Waals surface area contributed by atoms with Crippen molar-refractivity contribution >= 4 is 11.6 Å². The molecule has 2 aliphatic heterocycles. The maximum absolute atomic E-state index is 12.6. The van der Waals surface area contributed by atoms with Gasteiger partial charge >= 0.3 is 0 Å². The van der Waals surface area contributed by atoms with Gasteiger partial charge in [-0.05, 0) is 12.5 Å². The lowest BCUT2D eigenvalue weighted by molar-refractivity contribution is -0.157. The van der Waals surface area contributed by atoms with Crippen LogP contribution >= 0.6 is 0 Å². The third-order valence-electron chi connectivity index (χ3n) is 3.72. The van der Waals surface area contributed by atoms with E-state index in [1.165, 1.54) is 0 Å². The van der Waals surface area contributed by atoms with Crippen LogP contribution in [0.3, 0.4) is 0 Å². The van der Waals surface area contributed by atoms with Gasteiger partial charge in [0.1, 0.15) is 0 Å². The van der Waals surface area contributed by atoms with E-state index in [-0.39, 0.29) is 5.91 Å². The molecule has 1 fully saturated rings. The maximum Gasteiger partial charge on any atom is 0.269 e. The minimum atomic E-state index is -0.886. The Balaban J connectivity index is 1.71. The van der Waals surface area contributed by atoms with E-state index in [4.69, 9.17) is 9.57 Å². The van der Waals surface area contributed by atoms with Crippen LogP contribution < -0.4 is 0 Å². The summed E-state index contributed by atoms with van der Waals surface area (Å²) in [6.45, 7) is 4.24. The molecule has 5 nitrogen and oxygen atoms in total. The van der Waals surface area contributed by atoms with E-state index in [1.54, 1.807) is 4.90 Å². The third-order valence-corrected chi connectivity index (χ3v) is 3.72. The first-order valence-electron chi connectivity index (χ1n) is 6.87. The van der Waals surface area contributed by atoms with Crippen LogP contribution in [0.25, 0.3) is 0 Å². The molecule has 0 spiro atoms. The molecule has 0 saturated carbocycles. The van der Waals surface area contributed by atoms with Crippen LogP contribution in [-0.4, -0.2) is 48.4 Å². The lowest BCUT2D eigenvalue weighted by atomic mass is 9.94. The second-order valence-corrected chi connectivity index (χ2v) is 5.31. The highest BCUT2D eigenvalue weighted by Gasteiger charge is 2.44. The molecule has 0 aromatic heterocycles. The van der Waals surface area contributed by atoms with Crippen LogP contribution in [0.15, 0.2) is 35.5 Å². The molecule has 0 N–H and O–H groups in total. The van der Waals surface area contributed by atoms with Crippen molar-refractivity contribution in [3.05, 3.63) is 35.9 Å². The third kappa shape index (κ3) is 2.41. The molecule has 0 aliphatic carbocycles. The molecular formula is C15H18N2O3. The van der Waals surface area contributed by atoms with Crippen LogP contribution in [0.2, 0.25) is 0 Å². The Kier molecular flexibility index (Phi) is 3.44. The van der Waals surface area contributed by atoms with Crippen molar-refractivity contribution in [3.8, 4) is 0 Å². The lowest BCUT2D eigenvalue weighted by Crippen LogP contribution is -2.51. The van der Waals surface area contributed by atoms with Gasteiger partial charge in [0.05, 0.1) is 18.9 Å². The molecule has 106 valence electrons. The number of carbonyl (C=O) groups excluding carboxylic acids is 1. The topological polar surface area (TPSA) is 51.1 Å². The smallest absolute Gasteiger partial charge is 0.269 e. The molecule has 3 rings (SSSR count). The van der Waals surface area contributed by atoms with E-state index in [2.05, 4.69) is 5.16 Å². The van der Waals surface area contributed by atoms with Crippen LogP contribution in [0.1, 0.15) is 18.9 Å². The van der Waals surface area contributed by atoms with Crippen molar-refractivity contribution < 1.29 is 14.4 Å². The Hall–Kier alpha value is -1.88. The normalized spacial score (nSPS) is 26.1. The zero-order valence-corrected chi connectivity index (χ0v) is 11.5. The van der Waals surface area contributed by atoms with Crippen molar-refractivity contribution in [3.63, 3.8) is 0 Å². The molecular weight excluding hydrogens is 256 g/mol. The average Bonchev–Trinajstić information content (AvgIpc) is 2.92. The average molecular weight is 274 g/mol. The molecule has 1 unspecified atom stereocenters. The fourth-order valence-corrected chi connectivity index (χ4v) is 2.54. The van der Waals surface area contributed by atoms with Crippen LogP contribution in [-0.2, 0) is 14.4 Å². The molecule has 2 aliphatic rings. The Morgan fingerprint density at radius 3 is 2.65 bits per heavy atom. The van der Waals surface area contributed by atoms with Gasteiger partial charge in [-0.3, -0.25) is 4.79 Å². The van der Waals surface area contributed by atoms with Gasteiger partial charge in [0.15, 0.2) is 0 Å². The molecule has 5 heteroatoms. The van der Waals surface area contributed by atoms with Gasteiger partial charge in [-0.1, -0.05) is 35.5 Å². The summed E-state index contributed by atoms with van der Waals surface area (Å²) in [7, 11) is 0. The quantitative estimate of drug-likeness (QED) is 0.819. The second kappa shape index (κ2) is 5.25. The summed E-state index contributed by atoms with van der Waals surface area (Å²) in [6, 6.07) is 9.83. The fraction of sp³-hybridized carbons (Fsp3) is 0.467. The Bertz CT molecular complexity index is 523. The molecule has 0 radical (unpaired) electrons. The second-order valence-electron chi connectivity index (χ2n) is 5.31. The summed E-state index contributed by atoms with van der Waals surface area (Å²) in [5, 5.41) is 4.11. The summed E-state index contributed by atoms with van der Waals surface area (Å²) >= 11 is 0. The minimum Gasteiger partial charge on any atom is -0.379 e. The number of nitrogens with zero attached hydrogens (tertiary/aromatic N) is 2. The van der Waals surface area contributed by atoms with Gasteiger partial charge < -0.3 is 14.5 Å². The molecule has 1 saturated heterocycles. The predicted octanol–water partition coefficient (Wildman–Crippen LogP) is 1.43. The van der Waals surface area contributed by atoms with Crippen molar-refractivity contribution in [1.82, 2.24) is 4.90 Å². The fourth-order valence-electron chi connectivity index (χ4n) is 2.54. The van der Waals surface area contributed by atoms with E-state index in [0.29, 0.717) is 32.7 Å². The minimum absolute atomic E-state index is 0.00418. The van der Waals surface area contributed by atoms with Gasteiger partial charge in [-0.2, -0.15) is 0 Å². The first kappa shape index (κ1) is 13.1. The number of oxime groups is 1. The van der Waals surface area contributed by atoms with E-state index < -0.39 is 5.60 Å². The Morgan fingerprint density at radius 1 is 1.25 bits per heavy atom. The molecule has 0 bridgehead atoms. The first-order valence-corrected chi connectivity index (χ1v) is 6.87. The maximum atomic E-state index is 12.6. The van der Waals surface area contributed by atoms with Gasteiger partial charge in [0, 0.05) is 19.5 Å². The van der Waals surface area contributed by atoms with E-state index >= 15 is 0 Å². The van der Waals surface area contributed by atoms with Gasteiger partial charge in [0.25, 0.3) is 5.91 Å². The molecule has 1 aromatic carbocycles. The number of hydrogen-bond acceptors (Lipinski definition) is 4. The number of ether oxygens (including phenoxy) is 1. The highest BCUT2D eigenvalue weighted by Crippen LogP contribution is 2.28. The van der Waals surface area contributed by atoms with Crippen molar-refractivity contribution in [1.29, 1.82) is 0 Å². The first-order chi connectivity index (χ1) is 9.69. The van der Waals surface area contributed by atoms with Gasteiger partial charge in [-0.15, -0.1) is 0 Å². The number of hydrogen-bond donors (Lipinski definition) is 0. The standard InChI is InChI=1S/C15H18N2O3/c1-15(14(18)17-7-9-19-10-8-17)11-13(16-20-15)12-5-3-2-4-6-12/h2-6H,7-11H2,1H3. The van der Waals surface area contributed by atoms with Crippen molar-refractivity contribution in [2.24, 2.45) is 5.16 Å². The van der Waals surface area contributed by atoms with Crippen LogP contribution in [0.4, 0.5) is 0 Å². The highest BCUT2D eigenvalue weighted by molar-refractivity contribution is 6.05. The van der Waals surface area contributed by atoms with E-state index in [9.17, 15) is 4.79 Å². The summed E-state index contributed by atoms with van der Waals surface area (Å²) in [6.07, 6.45) is 0.507. The lowest BCUT2D eigenvalue weighted by Gasteiger charge is -2.32. The number of carbonyl (C=O) groups is 1. The monoisotopic (exact) mass is 274 g/mol. The number of morpholine rings is 1. The zero-order chi connectivity index (χ0) is 14.0. The highest BCUT2D eigenvalue weighted by atomic mass is 16.7. The summed E-state index contributed by atoms with van der Waals surface area (Å²) in [5.74, 6) is -0.00418. The number of benzene rings is 1. The van der Waals surface area contributed by atoms with E-state index in [1.807, 2.05) is 37.3 Å². The Labute approximate surface area is 118 Å². The van der Waals surface area contributed by atoms with Crippen molar-refractivity contribution in [2.45, 2.75) is 18.9 Å². The Morgan fingerprint density at radius 2 is 1.95 bits per heavy atom. The molecule has 1 aromatic rings. The molecule has 2 heterocycles. The summed E-state index contributed by atoms with van der Waals surface area (Å²) in [5.41, 5.74) is 0.948. The van der Waals surface area contributed by atoms with E-state index in [0.717, 1.165) is 11.3 Å². The van der Waals surface area contributed by atoms with Crippen molar-refractivity contribution in [2.75, 3.05) is 26.3 Å². The molecule has 1 atom stereocenters. The molecule has 1 amide bonds. The summed E-state index contributed by atoms with van der Waals surface area (Å²) < 4.78 is 5.27. The number of rotatable bonds is 2. The summed E-state index contributed by atoms with van der Waals surface area (Å²) in [4.78, 5) is 19.8. The molecule has 20 heavy (non-hydrogen) atoms. The largest absolute Gasteiger partial charge is 0.379 e. The SMILES string of the molecule is CC1(C(=O)N2CCOCC2)CC(c2ccccc2)=NO1. The van der Waals surface area contributed by atoms with Gasteiger partial charge in [-0.25, -0.2) is 0 Å². The number of amides is 1. The van der Waals surface area contributed by atoms with Crippen LogP contribution in [0.5, 0.6) is 0 Å². The van der Waals surface area contributed by atoms with Crippen LogP contribution in [0, 0.1) is 0 Å². The predicted molar refractivity (Wildman–Crippen MR) is 74.5 cm³/mol. The zero-order valence-electron chi connectivity index (χ0n) is 11.5.